The lowest BCUT2D eigenvalue weighted by molar-refractivity contribution is -0.138. The van der Waals surface area contributed by atoms with E-state index >= 15 is 0 Å². The van der Waals surface area contributed by atoms with Gasteiger partial charge < -0.3 is 19.7 Å². The van der Waals surface area contributed by atoms with Gasteiger partial charge in [0.25, 0.3) is 5.91 Å². The van der Waals surface area contributed by atoms with Gasteiger partial charge in [-0.2, -0.15) is 0 Å². The first kappa shape index (κ1) is 19.5. The van der Waals surface area contributed by atoms with Crippen LogP contribution in [0.3, 0.4) is 0 Å². The predicted octanol–water partition coefficient (Wildman–Crippen LogP) is 1.15. The highest BCUT2D eigenvalue weighted by atomic mass is 16.5. The van der Waals surface area contributed by atoms with Gasteiger partial charge in [-0.1, -0.05) is 6.07 Å². The molecular formula is C17H24N2O5. The Morgan fingerprint density at radius 2 is 1.92 bits per heavy atom. The average Bonchev–Trinajstić information content (AvgIpc) is 2.57. The number of rotatable bonds is 8. The van der Waals surface area contributed by atoms with Crippen molar-refractivity contribution in [3.63, 3.8) is 0 Å². The van der Waals surface area contributed by atoms with Crippen LogP contribution in [0.2, 0.25) is 0 Å². The maximum absolute atomic E-state index is 12.1. The zero-order valence-electron chi connectivity index (χ0n) is 14.5. The molecule has 0 fully saturated rings. The van der Waals surface area contributed by atoms with E-state index in [0.29, 0.717) is 24.4 Å². The van der Waals surface area contributed by atoms with Crippen molar-refractivity contribution in [2.24, 2.45) is 0 Å². The summed E-state index contributed by atoms with van der Waals surface area (Å²) in [5, 5.41) is 2.62. The molecule has 0 unspecified atom stereocenters. The number of esters is 1. The molecule has 0 saturated heterocycles. The van der Waals surface area contributed by atoms with Crippen LogP contribution in [0.15, 0.2) is 18.2 Å². The standard InChI is InChI=1S/C17H24N2O5/c1-5-18-15(20)10-19(6-2)16(21)11-24-17(22)13-8-7-12(3)14(9-13)23-4/h7-9H,5-6,10-11H2,1-4H3,(H,18,20). The van der Waals surface area contributed by atoms with Gasteiger partial charge >= 0.3 is 5.97 Å². The summed E-state index contributed by atoms with van der Waals surface area (Å²) >= 11 is 0. The molecule has 1 aromatic rings. The second-order valence-electron chi connectivity index (χ2n) is 5.12. The number of nitrogens with zero attached hydrogens (tertiary/aromatic N) is 1. The second-order valence-corrected chi connectivity index (χ2v) is 5.12. The lowest BCUT2D eigenvalue weighted by Crippen LogP contribution is -2.42. The third-order valence-corrected chi connectivity index (χ3v) is 3.41. The van der Waals surface area contributed by atoms with E-state index in [0.717, 1.165) is 5.56 Å². The number of ether oxygens (including phenoxy) is 2. The first-order valence-corrected chi connectivity index (χ1v) is 7.79. The van der Waals surface area contributed by atoms with Crippen molar-refractivity contribution in [2.75, 3.05) is 33.4 Å². The summed E-state index contributed by atoms with van der Waals surface area (Å²) in [4.78, 5) is 37.0. The molecular weight excluding hydrogens is 312 g/mol. The topological polar surface area (TPSA) is 84.9 Å². The second kappa shape index (κ2) is 9.54. The molecule has 0 bridgehead atoms. The molecule has 0 aromatic heterocycles. The molecule has 7 nitrogen and oxygen atoms in total. The number of nitrogens with one attached hydrogen (secondary N) is 1. The highest BCUT2D eigenvalue weighted by Gasteiger charge is 2.18. The molecule has 132 valence electrons. The minimum Gasteiger partial charge on any atom is -0.496 e. The van der Waals surface area contributed by atoms with Gasteiger partial charge in [-0.15, -0.1) is 0 Å². The van der Waals surface area contributed by atoms with Gasteiger partial charge in [-0.05, 0) is 38.5 Å². The molecule has 0 saturated carbocycles. The number of hydrogen-bond acceptors (Lipinski definition) is 5. The Kier molecular flexibility index (Phi) is 7.74. The van der Waals surface area contributed by atoms with Gasteiger partial charge in [0.05, 0.1) is 19.2 Å². The van der Waals surface area contributed by atoms with Crippen molar-refractivity contribution >= 4 is 17.8 Å². The smallest absolute Gasteiger partial charge is 0.338 e. The van der Waals surface area contributed by atoms with Crippen LogP contribution in [0, 0.1) is 6.92 Å². The SMILES string of the molecule is CCNC(=O)CN(CC)C(=O)COC(=O)c1ccc(C)c(OC)c1. The van der Waals surface area contributed by atoms with E-state index in [4.69, 9.17) is 9.47 Å². The molecule has 1 aromatic carbocycles. The van der Waals surface area contributed by atoms with Gasteiger partial charge in [-0.3, -0.25) is 9.59 Å². The van der Waals surface area contributed by atoms with E-state index in [1.54, 1.807) is 32.0 Å². The van der Waals surface area contributed by atoms with E-state index in [2.05, 4.69) is 5.32 Å². The Labute approximate surface area is 141 Å². The summed E-state index contributed by atoms with van der Waals surface area (Å²) in [6.45, 7) is 5.79. The maximum atomic E-state index is 12.1. The van der Waals surface area contributed by atoms with Crippen molar-refractivity contribution in [2.45, 2.75) is 20.8 Å². The minimum absolute atomic E-state index is 0.0565. The Hall–Kier alpha value is -2.57. The summed E-state index contributed by atoms with van der Waals surface area (Å²) in [6, 6.07) is 4.91. The fourth-order valence-corrected chi connectivity index (χ4v) is 2.05. The van der Waals surface area contributed by atoms with Crippen molar-refractivity contribution < 1.29 is 23.9 Å². The quantitative estimate of drug-likeness (QED) is 0.720. The molecule has 24 heavy (non-hydrogen) atoms. The molecule has 0 atom stereocenters. The monoisotopic (exact) mass is 336 g/mol. The maximum Gasteiger partial charge on any atom is 0.338 e. The Bertz CT molecular complexity index is 601. The van der Waals surface area contributed by atoms with E-state index in [1.165, 1.54) is 12.0 Å². The molecule has 0 aliphatic heterocycles. The summed E-state index contributed by atoms with van der Waals surface area (Å²) in [5.41, 5.74) is 1.20. The fraction of sp³-hybridized carbons (Fsp3) is 0.471. The highest BCUT2D eigenvalue weighted by molar-refractivity contribution is 5.92. The van der Waals surface area contributed by atoms with Crippen molar-refractivity contribution in [1.29, 1.82) is 0 Å². The molecule has 0 spiro atoms. The largest absolute Gasteiger partial charge is 0.496 e. The number of carbonyl (C=O) groups is 3. The molecule has 0 aliphatic carbocycles. The number of methoxy groups -OCH3 is 1. The van der Waals surface area contributed by atoms with Crippen LogP contribution in [-0.4, -0.2) is 56.0 Å². The highest BCUT2D eigenvalue weighted by Crippen LogP contribution is 2.19. The Balaban J connectivity index is 2.61. The number of amides is 2. The van der Waals surface area contributed by atoms with Crippen LogP contribution in [0.1, 0.15) is 29.8 Å². The van der Waals surface area contributed by atoms with E-state index in [9.17, 15) is 14.4 Å². The summed E-state index contributed by atoms with van der Waals surface area (Å²) in [5.74, 6) is -0.712. The number of aryl methyl sites for hydroxylation is 1. The lowest BCUT2D eigenvalue weighted by Gasteiger charge is -2.20. The minimum atomic E-state index is -0.615. The lowest BCUT2D eigenvalue weighted by atomic mass is 10.1. The van der Waals surface area contributed by atoms with Crippen LogP contribution >= 0.6 is 0 Å². The number of hydrogen-bond donors (Lipinski definition) is 1. The number of likely N-dealkylation sites (N-methyl/N-ethyl adjacent to an activating group) is 2. The molecule has 1 rings (SSSR count). The molecule has 7 heteroatoms. The van der Waals surface area contributed by atoms with E-state index < -0.39 is 18.5 Å². The van der Waals surface area contributed by atoms with Crippen LogP contribution in [0.4, 0.5) is 0 Å². The average molecular weight is 336 g/mol. The molecule has 2 amide bonds. The van der Waals surface area contributed by atoms with Crippen LogP contribution in [0.25, 0.3) is 0 Å². The fourth-order valence-electron chi connectivity index (χ4n) is 2.05. The third kappa shape index (κ3) is 5.57. The van der Waals surface area contributed by atoms with Gasteiger partial charge in [0.2, 0.25) is 5.91 Å². The summed E-state index contributed by atoms with van der Waals surface area (Å²) in [6.07, 6.45) is 0. The van der Waals surface area contributed by atoms with E-state index in [1.807, 2.05) is 6.92 Å². The Morgan fingerprint density at radius 3 is 2.50 bits per heavy atom. The van der Waals surface area contributed by atoms with Crippen LogP contribution in [0.5, 0.6) is 5.75 Å². The number of benzene rings is 1. The number of carbonyl (C=O) groups excluding carboxylic acids is 3. The van der Waals surface area contributed by atoms with Crippen molar-refractivity contribution in [3.8, 4) is 5.75 Å². The van der Waals surface area contributed by atoms with E-state index in [-0.39, 0.29) is 12.5 Å². The zero-order valence-corrected chi connectivity index (χ0v) is 14.5. The van der Waals surface area contributed by atoms with Crippen LogP contribution in [-0.2, 0) is 14.3 Å². The van der Waals surface area contributed by atoms with Gasteiger partial charge in [0.1, 0.15) is 5.75 Å². The van der Waals surface area contributed by atoms with Crippen molar-refractivity contribution in [1.82, 2.24) is 10.2 Å². The summed E-state index contributed by atoms with van der Waals surface area (Å²) < 4.78 is 10.2. The van der Waals surface area contributed by atoms with Gasteiger partial charge in [0, 0.05) is 13.1 Å². The molecule has 1 N–H and O–H groups in total. The molecule has 0 heterocycles. The first-order valence-electron chi connectivity index (χ1n) is 7.79. The van der Waals surface area contributed by atoms with Crippen LogP contribution < -0.4 is 10.1 Å². The summed E-state index contributed by atoms with van der Waals surface area (Å²) in [7, 11) is 1.52. The first-order chi connectivity index (χ1) is 11.4. The third-order valence-electron chi connectivity index (χ3n) is 3.41. The molecule has 0 radical (unpaired) electrons. The van der Waals surface area contributed by atoms with Gasteiger partial charge in [0.15, 0.2) is 6.61 Å². The normalized spacial score (nSPS) is 10.0. The van der Waals surface area contributed by atoms with Crippen molar-refractivity contribution in [3.05, 3.63) is 29.3 Å². The zero-order chi connectivity index (χ0) is 18.1. The Morgan fingerprint density at radius 1 is 1.21 bits per heavy atom. The molecule has 0 aliphatic rings. The van der Waals surface area contributed by atoms with Gasteiger partial charge in [-0.25, -0.2) is 4.79 Å². The predicted molar refractivity (Wildman–Crippen MR) is 89.0 cm³/mol.